The van der Waals surface area contributed by atoms with E-state index < -0.39 is 18.0 Å². The van der Waals surface area contributed by atoms with Crippen LogP contribution in [0.2, 0.25) is 0 Å². The van der Waals surface area contributed by atoms with E-state index in [4.69, 9.17) is 15.2 Å². The van der Waals surface area contributed by atoms with Gasteiger partial charge >= 0.3 is 11.9 Å². The van der Waals surface area contributed by atoms with Crippen molar-refractivity contribution < 1.29 is 19.1 Å². The van der Waals surface area contributed by atoms with Crippen molar-refractivity contribution in [2.45, 2.75) is 19.4 Å². The second-order valence-electron chi connectivity index (χ2n) is 5.29. The standard InChI is InChI=1S/C19H21NO4/c1-3-24-19(22)17(20)12-14-7-4-5-10-16(14)13-8-6-9-15(11-13)18(21)23-2/h4-11,17H,3,12,20H2,1-2H3. The molecule has 24 heavy (non-hydrogen) atoms. The Morgan fingerprint density at radius 2 is 1.88 bits per heavy atom. The molecule has 0 aliphatic heterocycles. The van der Waals surface area contributed by atoms with Gasteiger partial charge in [-0.25, -0.2) is 4.79 Å². The lowest BCUT2D eigenvalue weighted by molar-refractivity contribution is -0.144. The van der Waals surface area contributed by atoms with Crippen LogP contribution in [0.25, 0.3) is 11.1 Å². The van der Waals surface area contributed by atoms with E-state index in [1.165, 1.54) is 7.11 Å². The number of esters is 2. The Hall–Kier alpha value is -2.66. The van der Waals surface area contributed by atoms with E-state index in [1.807, 2.05) is 30.3 Å². The Kier molecular flexibility index (Phi) is 6.09. The van der Waals surface area contributed by atoms with Crippen molar-refractivity contribution in [1.82, 2.24) is 0 Å². The molecule has 2 aromatic rings. The zero-order valence-corrected chi connectivity index (χ0v) is 13.8. The summed E-state index contributed by atoms with van der Waals surface area (Å²) >= 11 is 0. The van der Waals surface area contributed by atoms with Crippen LogP contribution in [0.15, 0.2) is 48.5 Å². The van der Waals surface area contributed by atoms with Crippen LogP contribution in [0.5, 0.6) is 0 Å². The largest absolute Gasteiger partial charge is 0.465 e. The van der Waals surface area contributed by atoms with E-state index in [0.717, 1.165) is 16.7 Å². The van der Waals surface area contributed by atoms with Gasteiger partial charge in [-0.05, 0) is 42.2 Å². The molecule has 0 heterocycles. The van der Waals surface area contributed by atoms with Crippen LogP contribution >= 0.6 is 0 Å². The number of nitrogens with two attached hydrogens (primary N) is 1. The highest BCUT2D eigenvalue weighted by atomic mass is 16.5. The van der Waals surface area contributed by atoms with Crippen LogP contribution in [0.3, 0.4) is 0 Å². The first-order valence-corrected chi connectivity index (χ1v) is 7.75. The Morgan fingerprint density at radius 1 is 1.12 bits per heavy atom. The minimum Gasteiger partial charge on any atom is -0.465 e. The van der Waals surface area contributed by atoms with E-state index in [0.29, 0.717) is 18.6 Å². The molecule has 0 saturated carbocycles. The summed E-state index contributed by atoms with van der Waals surface area (Å²) in [4.78, 5) is 23.5. The number of methoxy groups -OCH3 is 1. The number of hydrogen-bond donors (Lipinski definition) is 1. The van der Waals surface area contributed by atoms with E-state index in [1.54, 1.807) is 25.1 Å². The Morgan fingerprint density at radius 3 is 2.58 bits per heavy atom. The lowest BCUT2D eigenvalue weighted by Crippen LogP contribution is -2.34. The van der Waals surface area contributed by atoms with Gasteiger partial charge in [-0.15, -0.1) is 0 Å². The zero-order chi connectivity index (χ0) is 17.5. The number of ether oxygens (including phenoxy) is 2. The lowest BCUT2D eigenvalue weighted by Gasteiger charge is -2.14. The van der Waals surface area contributed by atoms with Crippen molar-refractivity contribution in [2.75, 3.05) is 13.7 Å². The topological polar surface area (TPSA) is 78.6 Å². The van der Waals surface area contributed by atoms with Gasteiger partial charge in [0.05, 0.1) is 19.3 Å². The molecule has 1 atom stereocenters. The van der Waals surface area contributed by atoms with Crippen LogP contribution in [0, 0.1) is 0 Å². The first-order chi connectivity index (χ1) is 11.6. The van der Waals surface area contributed by atoms with Crippen LogP contribution in [-0.2, 0) is 20.7 Å². The van der Waals surface area contributed by atoms with E-state index in [2.05, 4.69) is 0 Å². The normalized spacial score (nSPS) is 11.6. The maximum absolute atomic E-state index is 11.8. The molecule has 0 aromatic heterocycles. The van der Waals surface area contributed by atoms with E-state index >= 15 is 0 Å². The molecular weight excluding hydrogens is 306 g/mol. The van der Waals surface area contributed by atoms with Crippen molar-refractivity contribution >= 4 is 11.9 Å². The minimum absolute atomic E-state index is 0.301. The van der Waals surface area contributed by atoms with Gasteiger partial charge in [-0.2, -0.15) is 0 Å². The number of rotatable bonds is 6. The van der Waals surface area contributed by atoms with Crippen molar-refractivity contribution in [1.29, 1.82) is 0 Å². The van der Waals surface area contributed by atoms with Gasteiger partial charge in [0.1, 0.15) is 6.04 Å². The molecule has 2 rings (SSSR count). The summed E-state index contributed by atoms with van der Waals surface area (Å²) in [6, 6.07) is 14.1. The molecule has 126 valence electrons. The number of benzene rings is 2. The summed E-state index contributed by atoms with van der Waals surface area (Å²) < 4.78 is 9.72. The SMILES string of the molecule is CCOC(=O)C(N)Cc1ccccc1-c1cccc(C(=O)OC)c1. The molecule has 1 unspecified atom stereocenters. The van der Waals surface area contributed by atoms with E-state index in [9.17, 15) is 9.59 Å². The summed E-state index contributed by atoms with van der Waals surface area (Å²) in [6.45, 7) is 2.05. The molecule has 0 fully saturated rings. The maximum Gasteiger partial charge on any atom is 0.337 e. The highest BCUT2D eigenvalue weighted by Crippen LogP contribution is 2.25. The first-order valence-electron chi connectivity index (χ1n) is 7.75. The number of hydrogen-bond acceptors (Lipinski definition) is 5. The molecule has 0 amide bonds. The van der Waals surface area contributed by atoms with Crippen molar-refractivity contribution in [3.8, 4) is 11.1 Å². The molecule has 5 heteroatoms. The van der Waals surface area contributed by atoms with Gasteiger partial charge in [-0.3, -0.25) is 4.79 Å². The molecule has 0 radical (unpaired) electrons. The van der Waals surface area contributed by atoms with Gasteiger partial charge in [-0.1, -0.05) is 36.4 Å². The summed E-state index contributed by atoms with van der Waals surface area (Å²) in [5, 5.41) is 0. The fraction of sp³-hybridized carbons (Fsp3) is 0.263. The molecule has 2 aromatic carbocycles. The van der Waals surface area contributed by atoms with Gasteiger partial charge in [0.25, 0.3) is 0 Å². The predicted molar refractivity (Wildman–Crippen MR) is 91.5 cm³/mol. The summed E-state index contributed by atoms with van der Waals surface area (Å²) in [5.41, 5.74) is 9.11. The van der Waals surface area contributed by atoms with Crippen LogP contribution < -0.4 is 5.73 Å². The molecular formula is C19H21NO4. The van der Waals surface area contributed by atoms with Crippen LogP contribution in [0.4, 0.5) is 0 Å². The quantitative estimate of drug-likeness (QED) is 0.825. The smallest absolute Gasteiger partial charge is 0.337 e. The van der Waals surface area contributed by atoms with Crippen molar-refractivity contribution in [2.24, 2.45) is 5.73 Å². The van der Waals surface area contributed by atoms with Gasteiger partial charge in [0.15, 0.2) is 0 Å². The second kappa shape index (κ2) is 8.26. The number of carbonyl (C=O) groups excluding carboxylic acids is 2. The molecule has 0 saturated heterocycles. The fourth-order valence-electron chi connectivity index (χ4n) is 2.48. The molecule has 0 aliphatic carbocycles. The Balaban J connectivity index is 2.32. The highest BCUT2D eigenvalue weighted by Gasteiger charge is 2.17. The first kappa shape index (κ1) is 17.7. The monoisotopic (exact) mass is 327 g/mol. The highest BCUT2D eigenvalue weighted by molar-refractivity contribution is 5.91. The molecule has 0 aliphatic rings. The van der Waals surface area contributed by atoms with Crippen molar-refractivity contribution in [3.05, 3.63) is 59.7 Å². The second-order valence-corrected chi connectivity index (χ2v) is 5.29. The summed E-state index contributed by atoms with van der Waals surface area (Å²) in [7, 11) is 1.35. The van der Waals surface area contributed by atoms with Gasteiger partial charge < -0.3 is 15.2 Å². The average Bonchev–Trinajstić information content (AvgIpc) is 2.61. The predicted octanol–water partition coefficient (Wildman–Crippen LogP) is 2.57. The third-order valence-corrected chi connectivity index (χ3v) is 3.64. The minimum atomic E-state index is -0.727. The molecule has 0 spiro atoms. The Bertz CT molecular complexity index is 727. The zero-order valence-electron chi connectivity index (χ0n) is 13.8. The average molecular weight is 327 g/mol. The molecule has 5 nitrogen and oxygen atoms in total. The van der Waals surface area contributed by atoms with Crippen molar-refractivity contribution in [3.63, 3.8) is 0 Å². The van der Waals surface area contributed by atoms with E-state index in [-0.39, 0.29) is 0 Å². The Labute approximate surface area is 141 Å². The fourth-order valence-corrected chi connectivity index (χ4v) is 2.48. The summed E-state index contributed by atoms with van der Waals surface area (Å²) in [5.74, 6) is -0.812. The molecule has 2 N–H and O–H groups in total. The third-order valence-electron chi connectivity index (χ3n) is 3.64. The van der Waals surface area contributed by atoms with Crippen LogP contribution in [0.1, 0.15) is 22.8 Å². The third kappa shape index (κ3) is 4.20. The number of carbonyl (C=O) groups is 2. The lowest BCUT2D eigenvalue weighted by atomic mass is 9.94. The van der Waals surface area contributed by atoms with Gasteiger partial charge in [0.2, 0.25) is 0 Å². The van der Waals surface area contributed by atoms with Crippen LogP contribution in [-0.4, -0.2) is 31.7 Å². The maximum atomic E-state index is 11.8. The molecule has 0 bridgehead atoms. The van der Waals surface area contributed by atoms with Gasteiger partial charge in [0, 0.05) is 0 Å². The summed E-state index contributed by atoms with van der Waals surface area (Å²) in [6.07, 6.45) is 0.359.